The normalized spacial score (nSPS) is 22.8. The number of amides is 1. The standard InChI is InChI=1S/C52H59N3O9/c1-5-29-61-52-48(54(4)49(58)26-20-37-18-21-40(22-19-37)55(59)60)33-46(53-62-34-38-13-7-6-8-14-38)44-31-39(15-9-11-27-56)43(16-10-12-28-57)50(51(44)52)45-32-42(24-25-47(45)64-52)63-41-23-17-35(2)36(3)30-41/h5-8,13-14,17-26,30-32,39,43,48,50-51,56-57H,1,9-12,15-16,27-29,33-34H2,2-4H3/t39-,43+,48-,50+,51+,52+/m0/s1. The number of benzene rings is 4. The highest BCUT2D eigenvalue weighted by molar-refractivity contribution is 6.03. The average Bonchev–Trinajstić information content (AvgIpc) is 3.30. The summed E-state index contributed by atoms with van der Waals surface area (Å²) in [6.07, 6.45) is 11.9. The van der Waals surface area contributed by atoms with E-state index in [9.17, 15) is 25.1 Å². The van der Waals surface area contributed by atoms with Crippen molar-refractivity contribution in [1.82, 2.24) is 4.90 Å². The number of oxime groups is 1. The summed E-state index contributed by atoms with van der Waals surface area (Å²) in [5.74, 6) is -0.374. The molecule has 1 fully saturated rings. The number of aryl methyl sites for hydroxylation is 2. The molecule has 1 saturated carbocycles. The van der Waals surface area contributed by atoms with Crippen molar-refractivity contribution in [3.63, 3.8) is 0 Å². The fourth-order valence-electron chi connectivity index (χ4n) is 9.61. The van der Waals surface area contributed by atoms with Crippen LogP contribution in [-0.2, 0) is 21.0 Å². The fraction of sp³-hybridized carbons (Fsp3) is 0.385. The second kappa shape index (κ2) is 21.1. The first-order valence-corrected chi connectivity index (χ1v) is 22.3. The molecule has 1 amide bonds. The second-order valence-corrected chi connectivity index (χ2v) is 17.0. The number of non-ortho nitro benzene ring substituents is 1. The van der Waals surface area contributed by atoms with Crippen LogP contribution >= 0.6 is 0 Å². The number of nitrogens with zero attached hydrogens (tertiary/aromatic N) is 3. The Morgan fingerprint density at radius 1 is 0.953 bits per heavy atom. The van der Waals surface area contributed by atoms with E-state index in [0.717, 1.165) is 53.7 Å². The predicted octanol–water partition coefficient (Wildman–Crippen LogP) is 10.0. The molecule has 1 heterocycles. The van der Waals surface area contributed by atoms with Gasteiger partial charge in [-0.05, 0) is 128 Å². The van der Waals surface area contributed by atoms with E-state index >= 15 is 0 Å². The Labute approximate surface area is 375 Å². The van der Waals surface area contributed by atoms with Gasteiger partial charge < -0.3 is 34.2 Å². The number of aliphatic hydroxyl groups excluding tert-OH is 2. The van der Waals surface area contributed by atoms with Gasteiger partial charge in [-0.25, -0.2) is 0 Å². The van der Waals surface area contributed by atoms with Gasteiger partial charge in [-0.15, -0.1) is 6.58 Å². The summed E-state index contributed by atoms with van der Waals surface area (Å²) in [6, 6.07) is 27.1. The first-order chi connectivity index (χ1) is 31.1. The van der Waals surface area contributed by atoms with E-state index in [1.807, 2.05) is 60.7 Å². The number of ether oxygens (including phenoxy) is 3. The number of aliphatic hydroxyl groups is 2. The van der Waals surface area contributed by atoms with E-state index in [4.69, 9.17) is 24.2 Å². The quantitative estimate of drug-likeness (QED) is 0.0291. The molecular formula is C52H59N3O9. The van der Waals surface area contributed by atoms with Crippen molar-refractivity contribution in [2.24, 2.45) is 22.9 Å². The van der Waals surface area contributed by atoms with Crippen LogP contribution < -0.4 is 9.47 Å². The molecular weight excluding hydrogens is 811 g/mol. The Hall–Kier alpha value is -6.08. The van der Waals surface area contributed by atoms with Gasteiger partial charge in [0, 0.05) is 56.4 Å². The highest BCUT2D eigenvalue weighted by Crippen LogP contribution is 2.62. The van der Waals surface area contributed by atoms with Crippen LogP contribution in [0.15, 0.2) is 127 Å². The molecule has 2 N–H and O–H groups in total. The summed E-state index contributed by atoms with van der Waals surface area (Å²) in [5.41, 5.74) is 6.40. The molecule has 12 nitrogen and oxygen atoms in total. The number of allylic oxidation sites excluding steroid dienone is 1. The zero-order valence-electron chi connectivity index (χ0n) is 36.9. The Balaban J connectivity index is 1.39. The number of carbonyl (C=O) groups is 1. The highest BCUT2D eigenvalue weighted by Gasteiger charge is 2.65. The molecule has 1 aliphatic heterocycles. The summed E-state index contributed by atoms with van der Waals surface area (Å²) < 4.78 is 20.9. The van der Waals surface area contributed by atoms with Crippen molar-refractivity contribution < 1.29 is 39.0 Å². The van der Waals surface area contributed by atoms with Crippen LogP contribution in [0, 0.1) is 41.7 Å². The van der Waals surface area contributed by atoms with E-state index in [2.05, 4.69) is 32.6 Å². The van der Waals surface area contributed by atoms with Crippen LogP contribution in [0.2, 0.25) is 0 Å². The minimum atomic E-state index is -1.43. The van der Waals surface area contributed by atoms with Gasteiger partial charge in [0.05, 0.1) is 23.2 Å². The maximum absolute atomic E-state index is 14.4. The van der Waals surface area contributed by atoms with Gasteiger partial charge in [-0.1, -0.05) is 66.5 Å². The number of nitro groups is 1. The molecule has 0 bridgehead atoms. The van der Waals surface area contributed by atoms with Gasteiger partial charge >= 0.3 is 0 Å². The number of nitro benzene ring substituents is 1. The van der Waals surface area contributed by atoms with Gasteiger partial charge in [-0.3, -0.25) is 14.9 Å². The van der Waals surface area contributed by atoms with Crippen LogP contribution in [0.25, 0.3) is 6.08 Å². The maximum atomic E-state index is 14.4. The molecule has 7 rings (SSSR count). The molecule has 12 heteroatoms. The van der Waals surface area contributed by atoms with Crippen LogP contribution in [0.5, 0.6) is 17.2 Å². The van der Waals surface area contributed by atoms with Crippen molar-refractivity contribution in [2.75, 3.05) is 26.9 Å². The summed E-state index contributed by atoms with van der Waals surface area (Å²) in [4.78, 5) is 33.1. The molecule has 4 aromatic carbocycles. The third-order valence-corrected chi connectivity index (χ3v) is 12.9. The van der Waals surface area contributed by atoms with Gasteiger partial charge in [0.25, 0.3) is 5.69 Å². The molecule has 0 radical (unpaired) electrons. The lowest BCUT2D eigenvalue weighted by atomic mass is 9.55. The minimum absolute atomic E-state index is 0.0403. The van der Waals surface area contributed by atoms with Crippen molar-refractivity contribution in [3.8, 4) is 17.2 Å². The molecule has 0 unspecified atom stereocenters. The second-order valence-electron chi connectivity index (χ2n) is 17.0. The molecule has 2 aliphatic carbocycles. The van der Waals surface area contributed by atoms with Crippen molar-refractivity contribution >= 4 is 23.4 Å². The number of hydrogen-bond donors (Lipinski definition) is 2. The van der Waals surface area contributed by atoms with Crippen LogP contribution in [0.4, 0.5) is 5.69 Å². The van der Waals surface area contributed by atoms with E-state index in [-0.39, 0.29) is 62.2 Å². The monoisotopic (exact) mass is 869 g/mol. The molecule has 0 saturated heterocycles. The molecule has 0 aromatic heterocycles. The fourth-order valence-corrected chi connectivity index (χ4v) is 9.61. The zero-order valence-corrected chi connectivity index (χ0v) is 36.9. The SMILES string of the molecule is C=CCO[C@@]12Oc3ccc(Oc4ccc(C)c(C)c4)cc3[C@H]3[C@H](CCCCO)[C@@H](CCCCO)C=C(C(=NOCc4ccccc4)C[C@@H]1N(C)C(=O)C=Cc1ccc([N+](=O)[O-])cc1)[C@H]32. The summed E-state index contributed by atoms with van der Waals surface area (Å²) >= 11 is 0. The Morgan fingerprint density at radius 3 is 2.38 bits per heavy atom. The number of carbonyl (C=O) groups excluding carboxylic acids is 1. The van der Waals surface area contributed by atoms with Crippen molar-refractivity contribution in [1.29, 1.82) is 0 Å². The van der Waals surface area contributed by atoms with E-state index < -0.39 is 22.7 Å². The van der Waals surface area contributed by atoms with Crippen LogP contribution in [0.3, 0.4) is 0 Å². The van der Waals surface area contributed by atoms with Crippen molar-refractivity contribution in [3.05, 3.63) is 159 Å². The van der Waals surface area contributed by atoms with Gasteiger partial charge in [0.1, 0.15) is 29.9 Å². The Kier molecular flexibility index (Phi) is 15.1. The van der Waals surface area contributed by atoms with Crippen molar-refractivity contribution in [2.45, 2.75) is 83.1 Å². The Bertz CT molecular complexity index is 2360. The van der Waals surface area contributed by atoms with Gasteiger partial charge in [0.15, 0.2) is 0 Å². The molecule has 4 aromatic rings. The highest BCUT2D eigenvalue weighted by atomic mass is 16.7. The van der Waals surface area contributed by atoms with E-state index in [1.165, 1.54) is 23.8 Å². The first kappa shape index (κ1) is 45.9. The topological polar surface area (TPSA) is 153 Å². The molecule has 336 valence electrons. The third-order valence-electron chi connectivity index (χ3n) is 12.9. The largest absolute Gasteiger partial charge is 0.459 e. The number of fused-ring (bicyclic) bond motifs is 2. The molecule has 64 heavy (non-hydrogen) atoms. The lowest BCUT2D eigenvalue weighted by molar-refractivity contribution is -0.384. The van der Waals surface area contributed by atoms with Gasteiger partial charge in [-0.2, -0.15) is 0 Å². The number of hydrogen-bond acceptors (Lipinski definition) is 10. The predicted molar refractivity (Wildman–Crippen MR) is 247 cm³/mol. The maximum Gasteiger partial charge on any atom is 0.269 e. The lowest BCUT2D eigenvalue weighted by Crippen LogP contribution is -2.69. The zero-order chi connectivity index (χ0) is 45.2. The molecule has 6 atom stereocenters. The molecule has 0 spiro atoms. The van der Waals surface area contributed by atoms with E-state index in [0.29, 0.717) is 35.6 Å². The smallest absolute Gasteiger partial charge is 0.269 e. The molecule has 3 aliphatic rings. The summed E-state index contributed by atoms with van der Waals surface area (Å²) in [5, 5.41) is 36.1. The minimum Gasteiger partial charge on any atom is -0.459 e. The number of likely N-dealkylation sites (N-methyl/N-ethyl adjacent to an activating group) is 1. The number of unbranched alkanes of at least 4 members (excludes halogenated alkanes) is 2. The first-order valence-electron chi connectivity index (χ1n) is 22.3. The van der Waals surface area contributed by atoms with Gasteiger partial charge in [0.2, 0.25) is 11.7 Å². The van der Waals surface area contributed by atoms with Crippen LogP contribution in [-0.4, -0.2) is 70.4 Å². The lowest BCUT2D eigenvalue weighted by Gasteiger charge is -2.59. The summed E-state index contributed by atoms with van der Waals surface area (Å²) in [7, 11) is 1.73. The number of rotatable bonds is 20. The van der Waals surface area contributed by atoms with E-state index in [1.54, 1.807) is 36.2 Å². The summed E-state index contributed by atoms with van der Waals surface area (Å²) in [6.45, 7) is 8.69. The third kappa shape index (κ3) is 10.1. The Morgan fingerprint density at radius 2 is 1.67 bits per heavy atom. The average molecular weight is 870 g/mol. The van der Waals surface area contributed by atoms with Crippen LogP contribution in [0.1, 0.15) is 78.7 Å².